The molecule has 0 radical (unpaired) electrons. The van der Waals surface area contributed by atoms with Crippen LogP contribution in [0.25, 0.3) is 0 Å². The van der Waals surface area contributed by atoms with Gasteiger partial charge in [-0.1, -0.05) is 19.1 Å². The number of nitrogens with two attached hydrogens (primary N) is 1. The molecule has 3 N–H and O–H groups in total. The summed E-state index contributed by atoms with van der Waals surface area (Å²) in [7, 11) is 0. The second-order valence-electron chi connectivity index (χ2n) is 4.36. The van der Waals surface area contributed by atoms with E-state index in [1.807, 2.05) is 24.5 Å². The number of nitrogens with zero attached hydrogens (tertiary/aromatic N) is 2. The van der Waals surface area contributed by atoms with Crippen molar-refractivity contribution in [2.45, 2.75) is 26.3 Å². The number of nitrogen functional groups attached to an aromatic ring is 1. The highest BCUT2D eigenvalue weighted by atomic mass is 15.2. The molecule has 0 aliphatic carbocycles. The standard InChI is InChI=1S/C14H20N4/c1-2-10-18-11-9-17-14(18)16-8-7-12-3-5-13(15)6-4-12/h3-6,9,11H,2,7-8,10,15H2,1H3,(H,16,17). The maximum absolute atomic E-state index is 5.66. The van der Waals surface area contributed by atoms with Crippen LogP contribution >= 0.6 is 0 Å². The molecule has 0 spiro atoms. The topological polar surface area (TPSA) is 55.9 Å². The molecule has 0 unspecified atom stereocenters. The highest BCUT2D eigenvalue weighted by Gasteiger charge is 2.00. The van der Waals surface area contributed by atoms with Gasteiger partial charge in [-0.05, 0) is 30.5 Å². The fourth-order valence-corrected chi connectivity index (χ4v) is 1.90. The van der Waals surface area contributed by atoms with Crippen molar-refractivity contribution >= 4 is 11.6 Å². The molecule has 0 bridgehead atoms. The Morgan fingerprint density at radius 2 is 2.06 bits per heavy atom. The SMILES string of the molecule is CCCn1ccnc1NCCc1ccc(N)cc1. The van der Waals surface area contributed by atoms with E-state index in [1.165, 1.54) is 5.56 Å². The van der Waals surface area contributed by atoms with Gasteiger partial charge in [0.1, 0.15) is 0 Å². The van der Waals surface area contributed by atoms with E-state index in [9.17, 15) is 0 Å². The highest BCUT2D eigenvalue weighted by molar-refractivity contribution is 5.39. The van der Waals surface area contributed by atoms with E-state index in [-0.39, 0.29) is 0 Å². The zero-order chi connectivity index (χ0) is 12.8. The molecule has 1 heterocycles. The zero-order valence-corrected chi connectivity index (χ0v) is 10.8. The summed E-state index contributed by atoms with van der Waals surface area (Å²) in [5.74, 6) is 0.951. The summed E-state index contributed by atoms with van der Waals surface area (Å²) < 4.78 is 2.14. The molecule has 4 nitrogen and oxygen atoms in total. The van der Waals surface area contributed by atoms with Crippen molar-refractivity contribution in [1.29, 1.82) is 0 Å². The Balaban J connectivity index is 1.84. The lowest BCUT2D eigenvalue weighted by molar-refractivity contribution is 0.682. The minimum absolute atomic E-state index is 0.810. The van der Waals surface area contributed by atoms with Crippen molar-refractivity contribution < 1.29 is 0 Å². The predicted octanol–water partition coefficient (Wildman–Crippen LogP) is 2.53. The third-order valence-corrected chi connectivity index (χ3v) is 2.86. The first-order chi connectivity index (χ1) is 8.79. The number of anilines is 2. The molecule has 0 atom stereocenters. The average Bonchev–Trinajstić information content (AvgIpc) is 2.80. The van der Waals surface area contributed by atoms with Crippen LogP contribution in [0.5, 0.6) is 0 Å². The van der Waals surface area contributed by atoms with E-state index in [0.717, 1.165) is 37.6 Å². The van der Waals surface area contributed by atoms with Crippen LogP contribution in [0, 0.1) is 0 Å². The third kappa shape index (κ3) is 3.26. The molecule has 0 aliphatic rings. The Morgan fingerprint density at radius 1 is 1.28 bits per heavy atom. The van der Waals surface area contributed by atoms with E-state index in [1.54, 1.807) is 0 Å². The van der Waals surface area contributed by atoms with E-state index < -0.39 is 0 Å². The van der Waals surface area contributed by atoms with E-state index in [4.69, 9.17) is 5.73 Å². The van der Waals surface area contributed by atoms with Gasteiger partial charge in [-0.2, -0.15) is 0 Å². The average molecular weight is 244 g/mol. The summed E-state index contributed by atoms with van der Waals surface area (Å²) in [4.78, 5) is 4.31. The van der Waals surface area contributed by atoms with Gasteiger partial charge in [0.25, 0.3) is 0 Å². The summed E-state index contributed by atoms with van der Waals surface area (Å²) in [6.45, 7) is 4.05. The monoisotopic (exact) mass is 244 g/mol. The molecule has 4 heteroatoms. The van der Waals surface area contributed by atoms with Crippen LogP contribution < -0.4 is 11.1 Å². The molecular formula is C14H20N4. The summed E-state index contributed by atoms with van der Waals surface area (Å²) >= 11 is 0. The molecule has 0 aliphatic heterocycles. The summed E-state index contributed by atoms with van der Waals surface area (Å²) in [6.07, 6.45) is 5.93. The van der Waals surface area contributed by atoms with Crippen molar-refractivity contribution in [3.63, 3.8) is 0 Å². The van der Waals surface area contributed by atoms with Gasteiger partial charge >= 0.3 is 0 Å². The van der Waals surface area contributed by atoms with Crippen LogP contribution in [-0.4, -0.2) is 16.1 Å². The second-order valence-corrected chi connectivity index (χ2v) is 4.36. The maximum atomic E-state index is 5.66. The Hall–Kier alpha value is -1.97. The van der Waals surface area contributed by atoms with Gasteiger partial charge in [0.05, 0.1) is 0 Å². The molecule has 0 saturated carbocycles. The fraction of sp³-hybridized carbons (Fsp3) is 0.357. The van der Waals surface area contributed by atoms with Gasteiger partial charge in [0.15, 0.2) is 0 Å². The number of nitrogens with one attached hydrogen (secondary N) is 1. The van der Waals surface area contributed by atoms with Crippen molar-refractivity contribution in [2.24, 2.45) is 0 Å². The lowest BCUT2D eigenvalue weighted by Crippen LogP contribution is -2.10. The molecule has 18 heavy (non-hydrogen) atoms. The smallest absolute Gasteiger partial charge is 0.202 e. The molecule has 0 saturated heterocycles. The summed E-state index contributed by atoms with van der Waals surface area (Å²) in [5.41, 5.74) is 7.75. The largest absolute Gasteiger partial charge is 0.399 e. The predicted molar refractivity (Wildman–Crippen MR) is 75.6 cm³/mol. The van der Waals surface area contributed by atoms with Gasteiger partial charge < -0.3 is 15.6 Å². The Bertz CT molecular complexity index is 473. The Morgan fingerprint density at radius 3 is 2.78 bits per heavy atom. The zero-order valence-electron chi connectivity index (χ0n) is 10.8. The molecule has 2 aromatic rings. The highest BCUT2D eigenvalue weighted by Crippen LogP contribution is 2.08. The minimum atomic E-state index is 0.810. The lowest BCUT2D eigenvalue weighted by atomic mass is 10.1. The van der Waals surface area contributed by atoms with Crippen molar-refractivity contribution in [3.8, 4) is 0 Å². The third-order valence-electron chi connectivity index (χ3n) is 2.86. The number of aromatic nitrogens is 2. The number of rotatable bonds is 6. The fourth-order valence-electron chi connectivity index (χ4n) is 1.90. The molecule has 1 aromatic heterocycles. The van der Waals surface area contributed by atoms with Crippen LogP contribution in [0.1, 0.15) is 18.9 Å². The number of benzene rings is 1. The van der Waals surface area contributed by atoms with Gasteiger partial charge in [0.2, 0.25) is 5.95 Å². The number of hydrogen-bond donors (Lipinski definition) is 2. The number of hydrogen-bond acceptors (Lipinski definition) is 3. The van der Waals surface area contributed by atoms with Gasteiger partial charge in [0, 0.05) is 31.2 Å². The molecule has 96 valence electrons. The summed E-state index contributed by atoms with van der Waals surface area (Å²) in [6, 6.07) is 8.01. The molecule has 2 rings (SSSR count). The second kappa shape index (κ2) is 6.10. The normalized spacial score (nSPS) is 10.5. The van der Waals surface area contributed by atoms with E-state index in [2.05, 4.69) is 33.9 Å². The molecule has 0 fully saturated rings. The van der Waals surface area contributed by atoms with Gasteiger partial charge in [-0.25, -0.2) is 4.98 Å². The summed E-state index contributed by atoms with van der Waals surface area (Å²) in [5, 5.41) is 3.36. The van der Waals surface area contributed by atoms with Crippen molar-refractivity contribution in [1.82, 2.24) is 9.55 Å². The quantitative estimate of drug-likeness (QED) is 0.768. The molecule has 1 aromatic carbocycles. The minimum Gasteiger partial charge on any atom is -0.399 e. The Labute approximate surface area is 108 Å². The van der Waals surface area contributed by atoms with E-state index in [0.29, 0.717) is 0 Å². The van der Waals surface area contributed by atoms with Crippen molar-refractivity contribution in [2.75, 3.05) is 17.6 Å². The van der Waals surface area contributed by atoms with Crippen LogP contribution in [0.3, 0.4) is 0 Å². The first-order valence-corrected chi connectivity index (χ1v) is 6.39. The number of aryl methyl sites for hydroxylation is 1. The van der Waals surface area contributed by atoms with E-state index >= 15 is 0 Å². The Kier molecular flexibility index (Phi) is 4.23. The first kappa shape index (κ1) is 12.5. The maximum Gasteiger partial charge on any atom is 0.202 e. The lowest BCUT2D eigenvalue weighted by Gasteiger charge is -2.08. The molecular weight excluding hydrogens is 224 g/mol. The van der Waals surface area contributed by atoms with Crippen LogP contribution in [0.15, 0.2) is 36.7 Å². The van der Waals surface area contributed by atoms with Gasteiger partial charge in [-0.3, -0.25) is 0 Å². The van der Waals surface area contributed by atoms with Crippen LogP contribution in [-0.2, 0) is 13.0 Å². The first-order valence-electron chi connectivity index (χ1n) is 6.39. The number of imidazole rings is 1. The van der Waals surface area contributed by atoms with Crippen molar-refractivity contribution in [3.05, 3.63) is 42.2 Å². The molecule has 0 amide bonds. The van der Waals surface area contributed by atoms with Gasteiger partial charge in [-0.15, -0.1) is 0 Å². The van der Waals surface area contributed by atoms with Crippen LogP contribution in [0.4, 0.5) is 11.6 Å². The van der Waals surface area contributed by atoms with Crippen LogP contribution in [0.2, 0.25) is 0 Å².